The molecule has 4 heteroatoms. The molecule has 1 amide bonds. The fourth-order valence-electron chi connectivity index (χ4n) is 2.21. The number of likely N-dealkylation sites (N-methyl/N-ethyl adjacent to an activating group) is 1. The molecule has 0 fully saturated rings. The first-order valence-electron chi connectivity index (χ1n) is 7.16. The Morgan fingerprint density at radius 1 is 1.09 bits per heavy atom. The molecular formula is C18H21NO2S. The molecule has 0 aliphatic heterocycles. The molecule has 0 saturated heterocycles. The molecule has 3 nitrogen and oxygen atoms in total. The summed E-state index contributed by atoms with van der Waals surface area (Å²) >= 11 is 1.57. The summed E-state index contributed by atoms with van der Waals surface area (Å²) in [6.07, 6.45) is 0. The summed E-state index contributed by atoms with van der Waals surface area (Å²) in [6.45, 7) is 3.68. The van der Waals surface area contributed by atoms with Crippen molar-refractivity contribution in [2.75, 3.05) is 13.6 Å². The van der Waals surface area contributed by atoms with Gasteiger partial charge in [0.05, 0.1) is 11.2 Å². The Bertz CT molecular complexity index is 635. The third kappa shape index (κ3) is 4.61. The van der Waals surface area contributed by atoms with Gasteiger partial charge in [-0.2, -0.15) is 0 Å². The van der Waals surface area contributed by atoms with E-state index in [4.69, 9.17) is 0 Å². The first kappa shape index (κ1) is 16.6. The molecule has 22 heavy (non-hydrogen) atoms. The molecular weight excluding hydrogens is 294 g/mol. The Labute approximate surface area is 136 Å². The Morgan fingerprint density at radius 2 is 1.68 bits per heavy atom. The molecule has 0 aliphatic carbocycles. The molecule has 2 aromatic carbocycles. The number of hydrogen-bond acceptors (Lipinski definition) is 3. The van der Waals surface area contributed by atoms with Crippen LogP contribution in [0.1, 0.15) is 24.2 Å². The minimum Gasteiger partial charge on any atom is -0.389 e. The third-order valence-corrected chi connectivity index (χ3v) is 4.14. The summed E-state index contributed by atoms with van der Waals surface area (Å²) < 4.78 is 0. The molecule has 2 rings (SSSR count). The van der Waals surface area contributed by atoms with Crippen LogP contribution in [0.2, 0.25) is 0 Å². The first-order valence-corrected chi connectivity index (χ1v) is 7.98. The summed E-state index contributed by atoms with van der Waals surface area (Å²) in [6, 6.07) is 17.5. The van der Waals surface area contributed by atoms with Gasteiger partial charge in [-0.05, 0) is 38.1 Å². The maximum absolute atomic E-state index is 12.6. The van der Waals surface area contributed by atoms with Gasteiger partial charge in [0.25, 0.3) is 5.91 Å². The Balaban J connectivity index is 2.23. The van der Waals surface area contributed by atoms with Crippen LogP contribution in [-0.2, 0) is 0 Å². The SMILES string of the molecule is CN(CC(C)(C)O)C(=O)c1ccccc1Sc1ccccc1. The number of nitrogens with zero attached hydrogens (tertiary/aromatic N) is 1. The van der Waals surface area contributed by atoms with E-state index in [1.807, 2.05) is 54.6 Å². The van der Waals surface area contributed by atoms with Crippen molar-refractivity contribution < 1.29 is 9.90 Å². The quantitative estimate of drug-likeness (QED) is 0.915. The molecule has 2 aromatic rings. The lowest BCUT2D eigenvalue weighted by molar-refractivity contribution is 0.0366. The van der Waals surface area contributed by atoms with Crippen LogP contribution in [0.25, 0.3) is 0 Å². The van der Waals surface area contributed by atoms with E-state index in [2.05, 4.69) is 0 Å². The van der Waals surface area contributed by atoms with E-state index >= 15 is 0 Å². The van der Waals surface area contributed by atoms with Gasteiger partial charge in [0.1, 0.15) is 0 Å². The molecule has 0 aliphatic rings. The van der Waals surface area contributed by atoms with Crippen LogP contribution in [0.5, 0.6) is 0 Å². The maximum atomic E-state index is 12.6. The normalized spacial score (nSPS) is 11.3. The van der Waals surface area contributed by atoms with Crippen LogP contribution in [-0.4, -0.2) is 35.1 Å². The van der Waals surface area contributed by atoms with Gasteiger partial charge >= 0.3 is 0 Å². The largest absolute Gasteiger partial charge is 0.389 e. The second-order valence-corrected chi connectivity index (χ2v) is 7.00. The van der Waals surface area contributed by atoms with Gasteiger partial charge < -0.3 is 10.0 Å². The topological polar surface area (TPSA) is 40.5 Å². The van der Waals surface area contributed by atoms with Gasteiger partial charge in [-0.25, -0.2) is 0 Å². The molecule has 116 valence electrons. The van der Waals surface area contributed by atoms with E-state index < -0.39 is 5.60 Å². The number of hydrogen-bond donors (Lipinski definition) is 1. The summed E-state index contributed by atoms with van der Waals surface area (Å²) in [5.74, 6) is -0.0823. The van der Waals surface area contributed by atoms with Gasteiger partial charge in [-0.3, -0.25) is 4.79 Å². The number of carbonyl (C=O) groups excluding carboxylic acids is 1. The fraction of sp³-hybridized carbons (Fsp3) is 0.278. The van der Waals surface area contributed by atoms with Gasteiger partial charge in [-0.15, -0.1) is 0 Å². The van der Waals surface area contributed by atoms with E-state index in [1.165, 1.54) is 0 Å². The van der Waals surface area contributed by atoms with Crippen molar-refractivity contribution in [3.05, 3.63) is 60.2 Å². The van der Waals surface area contributed by atoms with Crippen LogP contribution < -0.4 is 0 Å². The van der Waals surface area contributed by atoms with Gasteiger partial charge in [-0.1, -0.05) is 42.1 Å². The van der Waals surface area contributed by atoms with E-state index in [-0.39, 0.29) is 12.5 Å². The van der Waals surface area contributed by atoms with Crippen LogP contribution in [0.15, 0.2) is 64.4 Å². The van der Waals surface area contributed by atoms with Gasteiger partial charge in [0.2, 0.25) is 0 Å². The minimum atomic E-state index is -0.911. The van der Waals surface area contributed by atoms with E-state index in [9.17, 15) is 9.90 Å². The number of aliphatic hydroxyl groups is 1. The van der Waals surface area contributed by atoms with Crippen molar-refractivity contribution in [2.45, 2.75) is 29.2 Å². The van der Waals surface area contributed by atoms with Crippen LogP contribution in [0, 0.1) is 0 Å². The molecule has 1 N–H and O–H groups in total. The summed E-state index contributed by atoms with van der Waals surface area (Å²) in [5.41, 5.74) is -0.255. The smallest absolute Gasteiger partial charge is 0.254 e. The predicted octanol–water partition coefficient (Wildman–Crippen LogP) is 3.68. The zero-order valence-corrected chi connectivity index (χ0v) is 13.9. The highest BCUT2D eigenvalue weighted by atomic mass is 32.2. The zero-order chi connectivity index (χ0) is 16.2. The molecule has 0 aromatic heterocycles. The Morgan fingerprint density at radius 3 is 2.32 bits per heavy atom. The molecule has 0 bridgehead atoms. The summed E-state index contributed by atoms with van der Waals surface area (Å²) in [5, 5.41) is 9.89. The van der Waals surface area contributed by atoms with Gasteiger partial charge in [0.15, 0.2) is 0 Å². The number of amides is 1. The Hall–Kier alpha value is -1.78. The lowest BCUT2D eigenvalue weighted by Gasteiger charge is -2.26. The van der Waals surface area contributed by atoms with Crippen LogP contribution in [0.3, 0.4) is 0 Å². The van der Waals surface area contributed by atoms with Crippen LogP contribution in [0.4, 0.5) is 0 Å². The number of benzene rings is 2. The van der Waals surface area contributed by atoms with Crippen LogP contribution >= 0.6 is 11.8 Å². The Kier molecular flexibility index (Phi) is 5.27. The van der Waals surface area contributed by atoms with Gasteiger partial charge in [0, 0.05) is 23.4 Å². The number of carbonyl (C=O) groups is 1. The summed E-state index contributed by atoms with van der Waals surface area (Å²) in [7, 11) is 1.71. The maximum Gasteiger partial charge on any atom is 0.254 e. The average molecular weight is 315 g/mol. The van der Waals surface area contributed by atoms with Crippen molar-refractivity contribution in [3.63, 3.8) is 0 Å². The molecule has 0 saturated carbocycles. The fourth-order valence-corrected chi connectivity index (χ4v) is 3.16. The van der Waals surface area contributed by atoms with Crippen molar-refractivity contribution in [2.24, 2.45) is 0 Å². The lowest BCUT2D eigenvalue weighted by atomic mass is 10.1. The molecule has 0 unspecified atom stereocenters. The second-order valence-electron chi connectivity index (χ2n) is 5.88. The third-order valence-electron chi connectivity index (χ3n) is 3.06. The minimum absolute atomic E-state index is 0.0823. The van der Waals surface area contributed by atoms with Crippen molar-refractivity contribution in [3.8, 4) is 0 Å². The van der Waals surface area contributed by atoms with E-state index in [0.717, 1.165) is 9.79 Å². The zero-order valence-electron chi connectivity index (χ0n) is 13.1. The molecule has 0 radical (unpaired) electrons. The van der Waals surface area contributed by atoms with Crippen molar-refractivity contribution in [1.29, 1.82) is 0 Å². The first-order chi connectivity index (χ1) is 10.4. The lowest BCUT2D eigenvalue weighted by Crippen LogP contribution is -2.39. The highest BCUT2D eigenvalue weighted by molar-refractivity contribution is 7.99. The highest BCUT2D eigenvalue weighted by Gasteiger charge is 2.22. The van der Waals surface area contributed by atoms with E-state index in [0.29, 0.717) is 5.56 Å². The molecule has 0 heterocycles. The predicted molar refractivity (Wildman–Crippen MR) is 90.3 cm³/mol. The van der Waals surface area contributed by atoms with Crippen molar-refractivity contribution in [1.82, 2.24) is 4.90 Å². The van der Waals surface area contributed by atoms with E-state index in [1.54, 1.807) is 37.6 Å². The standard InChI is InChI=1S/C18H21NO2S/c1-18(2,21)13-19(3)17(20)15-11-7-8-12-16(15)22-14-9-5-4-6-10-14/h4-12,21H,13H2,1-3H3. The molecule has 0 spiro atoms. The number of rotatable bonds is 5. The highest BCUT2D eigenvalue weighted by Crippen LogP contribution is 2.30. The average Bonchev–Trinajstić information content (AvgIpc) is 2.46. The summed E-state index contributed by atoms with van der Waals surface area (Å²) in [4.78, 5) is 16.2. The monoisotopic (exact) mass is 315 g/mol. The van der Waals surface area contributed by atoms with Crippen molar-refractivity contribution >= 4 is 17.7 Å². The second kappa shape index (κ2) is 6.99. The molecule has 0 atom stereocenters.